The first-order valence-corrected chi connectivity index (χ1v) is 8.69. The van der Waals surface area contributed by atoms with Gasteiger partial charge >= 0.3 is 0 Å². The van der Waals surface area contributed by atoms with Crippen molar-refractivity contribution in [2.24, 2.45) is 11.3 Å². The van der Waals surface area contributed by atoms with Crippen LogP contribution < -0.4 is 10.6 Å². The summed E-state index contributed by atoms with van der Waals surface area (Å²) in [6, 6.07) is 4.49. The first kappa shape index (κ1) is 20.7. The van der Waals surface area contributed by atoms with Crippen molar-refractivity contribution in [3.8, 4) is 0 Å². The van der Waals surface area contributed by atoms with Crippen molar-refractivity contribution in [2.75, 3.05) is 33.7 Å². The number of carbonyl (C=O) groups is 1. The molecule has 2 aliphatic rings. The highest BCUT2D eigenvalue weighted by atomic mass is 35.5. The van der Waals surface area contributed by atoms with Crippen molar-refractivity contribution < 1.29 is 4.79 Å². The van der Waals surface area contributed by atoms with Crippen LogP contribution in [-0.4, -0.2) is 44.5 Å². The Hall–Kier alpha value is -0.330. The van der Waals surface area contributed by atoms with E-state index in [1.54, 1.807) is 11.3 Å². The monoisotopic (exact) mass is 379 g/mol. The Labute approximate surface area is 155 Å². The Morgan fingerprint density at radius 3 is 2.70 bits per heavy atom. The third-order valence-corrected chi connectivity index (χ3v) is 6.04. The van der Waals surface area contributed by atoms with Gasteiger partial charge in [-0.1, -0.05) is 6.07 Å². The molecule has 0 aromatic carbocycles. The van der Waals surface area contributed by atoms with Crippen LogP contribution in [-0.2, 0) is 4.79 Å². The zero-order valence-electron chi connectivity index (χ0n) is 13.7. The van der Waals surface area contributed by atoms with Crippen LogP contribution in [0, 0.1) is 11.3 Å². The fraction of sp³-hybridized carbons (Fsp3) is 0.688. The molecular formula is C16H27Cl2N3OS. The third kappa shape index (κ3) is 4.60. The van der Waals surface area contributed by atoms with Gasteiger partial charge in [-0.05, 0) is 63.3 Å². The van der Waals surface area contributed by atoms with Gasteiger partial charge < -0.3 is 15.5 Å². The van der Waals surface area contributed by atoms with Crippen molar-refractivity contribution in [1.29, 1.82) is 0 Å². The summed E-state index contributed by atoms with van der Waals surface area (Å²) >= 11 is 1.76. The lowest BCUT2D eigenvalue weighted by Gasteiger charge is -2.25. The van der Waals surface area contributed by atoms with Crippen LogP contribution in [0.2, 0.25) is 0 Å². The van der Waals surface area contributed by atoms with E-state index in [9.17, 15) is 4.79 Å². The van der Waals surface area contributed by atoms with Crippen LogP contribution >= 0.6 is 36.2 Å². The quantitative estimate of drug-likeness (QED) is 0.826. The molecule has 1 aromatic heterocycles. The highest BCUT2D eigenvalue weighted by Gasteiger charge is 2.57. The molecule has 2 heterocycles. The lowest BCUT2D eigenvalue weighted by Crippen LogP contribution is -2.37. The predicted molar refractivity (Wildman–Crippen MR) is 101 cm³/mol. The molecule has 1 spiro atoms. The number of halogens is 2. The van der Waals surface area contributed by atoms with Crippen LogP contribution in [0.5, 0.6) is 0 Å². The van der Waals surface area contributed by atoms with Crippen LogP contribution in [0.25, 0.3) is 0 Å². The summed E-state index contributed by atoms with van der Waals surface area (Å²) in [6.45, 7) is 2.84. The zero-order chi connectivity index (χ0) is 14.9. The van der Waals surface area contributed by atoms with E-state index in [2.05, 4.69) is 47.1 Å². The van der Waals surface area contributed by atoms with E-state index in [0.29, 0.717) is 12.0 Å². The molecule has 132 valence electrons. The number of hydrogen-bond donors (Lipinski definition) is 2. The van der Waals surface area contributed by atoms with Crippen molar-refractivity contribution in [2.45, 2.75) is 25.3 Å². The fourth-order valence-electron chi connectivity index (χ4n) is 3.53. The summed E-state index contributed by atoms with van der Waals surface area (Å²) in [5.41, 5.74) is 0.325. The van der Waals surface area contributed by atoms with Crippen LogP contribution in [0.3, 0.4) is 0 Å². The molecule has 2 N–H and O–H groups in total. The number of thiophene rings is 1. The van der Waals surface area contributed by atoms with Gasteiger partial charge in [0.15, 0.2) is 0 Å². The smallest absolute Gasteiger partial charge is 0.223 e. The number of likely N-dealkylation sites (N-methyl/N-ethyl adjacent to an activating group) is 1. The molecule has 4 nitrogen and oxygen atoms in total. The zero-order valence-corrected chi connectivity index (χ0v) is 16.2. The third-order valence-electron chi connectivity index (χ3n) is 5.07. The SMILES string of the molecule is CN(C)C(CNC(=O)C1CC12CCNCC2)c1cccs1.Cl.Cl. The fourth-order valence-corrected chi connectivity index (χ4v) is 4.46. The van der Waals surface area contributed by atoms with Crippen molar-refractivity contribution in [1.82, 2.24) is 15.5 Å². The number of rotatable bonds is 5. The van der Waals surface area contributed by atoms with Gasteiger partial charge in [-0.15, -0.1) is 36.2 Å². The topological polar surface area (TPSA) is 44.4 Å². The maximum Gasteiger partial charge on any atom is 0.223 e. The van der Waals surface area contributed by atoms with E-state index in [-0.39, 0.29) is 42.7 Å². The van der Waals surface area contributed by atoms with E-state index in [1.807, 2.05) is 0 Å². The van der Waals surface area contributed by atoms with Gasteiger partial charge in [0, 0.05) is 17.3 Å². The van der Waals surface area contributed by atoms with E-state index < -0.39 is 0 Å². The molecule has 23 heavy (non-hydrogen) atoms. The normalized spacial score (nSPS) is 22.8. The largest absolute Gasteiger partial charge is 0.354 e. The minimum Gasteiger partial charge on any atom is -0.354 e. The number of amides is 1. The van der Waals surface area contributed by atoms with Crippen molar-refractivity contribution in [3.63, 3.8) is 0 Å². The van der Waals surface area contributed by atoms with Gasteiger partial charge in [-0.3, -0.25) is 4.79 Å². The summed E-state index contributed by atoms with van der Waals surface area (Å²) in [6.07, 6.45) is 3.41. The van der Waals surface area contributed by atoms with Gasteiger partial charge in [-0.2, -0.15) is 0 Å². The predicted octanol–water partition coefficient (Wildman–Crippen LogP) is 2.70. The number of nitrogens with one attached hydrogen (secondary N) is 2. The van der Waals surface area contributed by atoms with Gasteiger partial charge in [0.25, 0.3) is 0 Å². The molecule has 1 aliphatic heterocycles. The standard InChI is InChI=1S/C16H25N3OS.2ClH/c1-19(2)13(14-4-3-9-21-14)11-18-15(20)12-10-16(12)5-7-17-8-6-16;;/h3-4,9,12-13,17H,5-8,10-11H2,1-2H3,(H,18,20);2*1H. The number of nitrogens with zero attached hydrogens (tertiary/aromatic N) is 1. The summed E-state index contributed by atoms with van der Waals surface area (Å²) in [4.78, 5) is 15.9. The summed E-state index contributed by atoms with van der Waals surface area (Å²) in [5.74, 6) is 0.519. The summed E-state index contributed by atoms with van der Waals surface area (Å²) in [7, 11) is 4.14. The average molecular weight is 380 g/mol. The molecule has 1 aromatic rings. The molecule has 2 atom stereocenters. The number of carbonyl (C=O) groups excluding carboxylic acids is 1. The molecule has 1 aliphatic carbocycles. The van der Waals surface area contributed by atoms with E-state index in [1.165, 1.54) is 4.88 Å². The summed E-state index contributed by atoms with van der Waals surface area (Å²) in [5, 5.41) is 8.67. The Bertz CT molecular complexity index is 490. The first-order valence-electron chi connectivity index (χ1n) is 7.81. The van der Waals surface area contributed by atoms with Crippen LogP contribution in [0.4, 0.5) is 0 Å². The Balaban J connectivity index is 0.00000132. The maximum absolute atomic E-state index is 12.4. The van der Waals surface area contributed by atoms with E-state index in [4.69, 9.17) is 0 Å². The molecule has 1 saturated heterocycles. The molecule has 1 amide bonds. The Kier molecular flexibility index (Phi) is 7.81. The van der Waals surface area contributed by atoms with Crippen molar-refractivity contribution >= 4 is 42.1 Å². The second-order valence-corrected chi connectivity index (χ2v) is 7.59. The first-order chi connectivity index (χ1) is 10.1. The van der Waals surface area contributed by atoms with Gasteiger partial charge in [-0.25, -0.2) is 0 Å². The molecule has 3 rings (SSSR count). The Morgan fingerprint density at radius 2 is 2.13 bits per heavy atom. The molecular weight excluding hydrogens is 353 g/mol. The molecule has 7 heteroatoms. The molecule has 0 radical (unpaired) electrons. The second-order valence-electron chi connectivity index (χ2n) is 6.61. The molecule has 1 saturated carbocycles. The highest BCUT2D eigenvalue weighted by Crippen LogP contribution is 2.58. The minimum atomic E-state index is 0. The number of piperidine rings is 1. The van der Waals surface area contributed by atoms with Crippen LogP contribution in [0.15, 0.2) is 17.5 Å². The van der Waals surface area contributed by atoms with Crippen LogP contribution in [0.1, 0.15) is 30.2 Å². The van der Waals surface area contributed by atoms with Gasteiger partial charge in [0.05, 0.1) is 6.04 Å². The lowest BCUT2D eigenvalue weighted by molar-refractivity contribution is -0.123. The molecule has 2 fully saturated rings. The Morgan fingerprint density at radius 1 is 1.43 bits per heavy atom. The highest BCUT2D eigenvalue weighted by molar-refractivity contribution is 7.10. The van der Waals surface area contributed by atoms with Crippen molar-refractivity contribution in [3.05, 3.63) is 22.4 Å². The molecule has 2 unspecified atom stereocenters. The minimum absolute atomic E-state index is 0. The maximum atomic E-state index is 12.4. The van der Waals surface area contributed by atoms with E-state index in [0.717, 1.165) is 32.4 Å². The summed E-state index contributed by atoms with van der Waals surface area (Å²) < 4.78 is 0. The van der Waals surface area contributed by atoms with E-state index >= 15 is 0 Å². The van der Waals surface area contributed by atoms with Gasteiger partial charge in [0.2, 0.25) is 5.91 Å². The lowest BCUT2D eigenvalue weighted by atomic mass is 9.92. The second kappa shape index (κ2) is 8.67. The average Bonchev–Trinajstić information content (AvgIpc) is 2.91. The number of hydrogen-bond acceptors (Lipinski definition) is 4. The van der Waals surface area contributed by atoms with Gasteiger partial charge in [0.1, 0.15) is 0 Å². The molecule has 0 bridgehead atoms.